The van der Waals surface area contributed by atoms with E-state index >= 15 is 0 Å². The quantitative estimate of drug-likeness (QED) is 0.792. The first-order chi connectivity index (χ1) is 7.61. The van der Waals surface area contributed by atoms with Gasteiger partial charge in [-0.1, -0.05) is 13.8 Å². The summed E-state index contributed by atoms with van der Waals surface area (Å²) in [6.07, 6.45) is 4.19. The highest BCUT2D eigenvalue weighted by Crippen LogP contribution is 2.43. The van der Waals surface area contributed by atoms with E-state index in [0.29, 0.717) is 17.6 Å². The standard InChI is InChI=1S/C13H26N2O/c1-10-6-13(7-10,9-14)15-5-4-11(2)12(8-15)16-3/h10-12H,4-9,14H2,1-3H3. The minimum atomic E-state index is 0.302. The van der Waals surface area contributed by atoms with Crippen molar-refractivity contribution in [3.63, 3.8) is 0 Å². The van der Waals surface area contributed by atoms with Crippen molar-refractivity contribution in [2.75, 3.05) is 26.7 Å². The van der Waals surface area contributed by atoms with Gasteiger partial charge in [0, 0.05) is 25.7 Å². The maximum Gasteiger partial charge on any atom is 0.0724 e. The molecule has 1 heterocycles. The van der Waals surface area contributed by atoms with Crippen molar-refractivity contribution >= 4 is 0 Å². The second-order valence-electron chi connectivity index (χ2n) is 5.93. The van der Waals surface area contributed by atoms with E-state index in [1.54, 1.807) is 0 Å². The number of rotatable bonds is 3. The Labute approximate surface area is 99.3 Å². The van der Waals surface area contributed by atoms with E-state index in [4.69, 9.17) is 10.5 Å². The Kier molecular flexibility index (Phi) is 3.57. The van der Waals surface area contributed by atoms with E-state index in [0.717, 1.165) is 19.0 Å². The molecule has 2 atom stereocenters. The predicted octanol–water partition coefficient (Wildman–Crippen LogP) is 1.47. The highest BCUT2D eigenvalue weighted by atomic mass is 16.5. The molecule has 2 N–H and O–H groups in total. The van der Waals surface area contributed by atoms with Crippen molar-refractivity contribution in [1.82, 2.24) is 4.90 Å². The number of hydrogen-bond acceptors (Lipinski definition) is 3. The minimum Gasteiger partial charge on any atom is -0.380 e. The first-order valence-electron chi connectivity index (χ1n) is 6.59. The van der Waals surface area contributed by atoms with Crippen molar-refractivity contribution in [1.29, 1.82) is 0 Å². The van der Waals surface area contributed by atoms with Gasteiger partial charge < -0.3 is 10.5 Å². The van der Waals surface area contributed by atoms with Crippen molar-refractivity contribution in [3.05, 3.63) is 0 Å². The summed E-state index contributed by atoms with van der Waals surface area (Å²) in [6, 6.07) is 0. The Balaban J connectivity index is 1.99. The Morgan fingerprint density at radius 1 is 1.38 bits per heavy atom. The zero-order chi connectivity index (χ0) is 11.8. The number of ether oxygens (including phenoxy) is 1. The lowest BCUT2D eigenvalue weighted by atomic mass is 9.67. The summed E-state index contributed by atoms with van der Waals surface area (Å²) in [7, 11) is 1.84. The van der Waals surface area contributed by atoms with Gasteiger partial charge in [-0.2, -0.15) is 0 Å². The van der Waals surface area contributed by atoms with Gasteiger partial charge in [0.1, 0.15) is 0 Å². The van der Waals surface area contributed by atoms with E-state index < -0.39 is 0 Å². The van der Waals surface area contributed by atoms with Crippen LogP contribution in [0.4, 0.5) is 0 Å². The molecule has 0 aromatic heterocycles. The lowest BCUT2D eigenvalue weighted by Gasteiger charge is -2.56. The van der Waals surface area contributed by atoms with Crippen LogP contribution in [0.3, 0.4) is 0 Å². The molecule has 1 saturated carbocycles. The zero-order valence-electron chi connectivity index (χ0n) is 10.9. The van der Waals surface area contributed by atoms with Gasteiger partial charge in [-0.3, -0.25) is 4.90 Å². The normalized spacial score (nSPS) is 45.4. The summed E-state index contributed by atoms with van der Waals surface area (Å²) >= 11 is 0. The van der Waals surface area contributed by atoms with Gasteiger partial charge in [0.2, 0.25) is 0 Å². The average Bonchev–Trinajstić information content (AvgIpc) is 2.25. The third-order valence-electron chi connectivity index (χ3n) is 4.70. The summed E-state index contributed by atoms with van der Waals surface area (Å²) < 4.78 is 5.59. The summed E-state index contributed by atoms with van der Waals surface area (Å²) in [6.45, 7) is 7.70. The molecule has 1 aliphatic heterocycles. The fraction of sp³-hybridized carbons (Fsp3) is 1.00. The first kappa shape index (κ1) is 12.3. The number of nitrogens with zero attached hydrogens (tertiary/aromatic N) is 1. The van der Waals surface area contributed by atoms with Gasteiger partial charge >= 0.3 is 0 Å². The Morgan fingerprint density at radius 3 is 2.56 bits per heavy atom. The zero-order valence-corrected chi connectivity index (χ0v) is 10.9. The van der Waals surface area contributed by atoms with Gasteiger partial charge in [0.25, 0.3) is 0 Å². The Morgan fingerprint density at radius 2 is 2.06 bits per heavy atom. The molecular weight excluding hydrogens is 200 g/mol. The number of piperidine rings is 1. The van der Waals surface area contributed by atoms with Crippen LogP contribution in [0.25, 0.3) is 0 Å². The molecule has 1 saturated heterocycles. The van der Waals surface area contributed by atoms with Crippen LogP contribution in [0, 0.1) is 11.8 Å². The van der Waals surface area contributed by atoms with Crippen LogP contribution in [0.5, 0.6) is 0 Å². The molecule has 0 radical (unpaired) electrons. The van der Waals surface area contributed by atoms with Gasteiger partial charge in [-0.25, -0.2) is 0 Å². The van der Waals surface area contributed by atoms with Gasteiger partial charge in [-0.05, 0) is 37.6 Å². The van der Waals surface area contributed by atoms with Crippen LogP contribution in [0.15, 0.2) is 0 Å². The molecule has 0 bridgehead atoms. The highest BCUT2D eigenvalue weighted by molar-refractivity contribution is 5.04. The topological polar surface area (TPSA) is 38.5 Å². The minimum absolute atomic E-state index is 0.302. The molecule has 94 valence electrons. The molecule has 2 rings (SSSR count). The second kappa shape index (κ2) is 4.63. The molecule has 1 aliphatic carbocycles. The largest absolute Gasteiger partial charge is 0.380 e. The molecule has 0 aromatic carbocycles. The monoisotopic (exact) mass is 226 g/mol. The smallest absolute Gasteiger partial charge is 0.0724 e. The fourth-order valence-electron chi connectivity index (χ4n) is 3.56. The van der Waals surface area contributed by atoms with E-state index in [9.17, 15) is 0 Å². The summed E-state index contributed by atoms with van der Waals surface area (Å²) in [4.78, 5) is 2.60. The van der Waals surface area contributed by atoms with Crippen LogP contribution < -0.4 is 5.73 Å². The SMILES string of the molecule is COC1CN(C2(CN)CC(C)C2)CCC1C. The van der Waals surface area contributed by atoms with Crippen LogP contribution in [-0.4, -0.2) is 43.3 Å². The third kappa shape index (κ3) is 2.01. The lowest BCUT2D eigenvalue weighted by Crippen LogP contribution is -2.64. The van der Waals surface area contributed by atoms with E-state index in [-0.39, 0.29) is 0 Å². The molecule has 16 heavy (non-hydrogen) atoms. The molecule has 2 aliphatic rings. The number of hydrogen-bond donors (Lipinski definition) is 1. The van der Waals surface area contributed by atoms with Crippen molar-refractivity contribution < 1.29 is 4.74 Å². The van der Waals surface area contributed by atoms with Crippen LogP contribution >= 0.6 is 0 Å². The van der Waals surface area contributed by atoms with E-state index in [1.165, 1.54) is 25.8 Å². The molecule has 0 spiro atoms. The summed E-state index contributed by atoms with van der Waals surface area (Å²) in [5.74, 6) is 1.54. The van der Waals surface area contributed by atoms with Crippen LogP contribution in [-0.2, 0) is 4.74 Å². The molecule has 0 amide bonds. The predicted molar refractivity (Wildman–Crippen MR) is 66.3 cm³/mol. The first-order valence-corrected chi connectivity index (χ1v) is 6.59. The molecule has 3 nitrogen and oxygen atoms in total. The van der Waals surface area contributed by atoms with Crippen LogP contribution in [0.2, 0.25) is 0 Å². The third-order valence-corrected chi connectivity index (χ3v) is 4.70. The van der Waals surface area contributed by atoms with Gasteiger partial charge in [0.15, 0.2) is 0 Å². The highest BCUT2D eigenvalue weighted by Gasteiger charge is 2.47. The maximum absolute atomic E-state index is 6.00. The Bertz CT molecular complexity index is 238. The summed E-state index contributed by atoms with van der Waals surface area (Å²) in [5, 5.41) is 0. The van der Waals surface area contributed by atoms with E-state index in [2.05, 4.69) is 18.7 Å². The fourth-order valence-corrected chi connectivity index (χ4v) is 3.56. The average molecular weight is 226 g/mol. The van der Waals surface area contributed by atoms with Gasteiger partial charge in [-0.15, -0.1) is 0 Å². The van der Waals surface area contributed by atoms with Gasteiger partial charge in [0.05, 0.1) is 6.10 Å². The number of likely N-dealkylation sites (tertiary alicyclic amines) is 1. The lowest BCUT2D eigenvalue weighted by molar-refractivity contribution is -0.0835. The second-order valence-corrected chi connectivity index (χ2v) is 5.93. The van der Waals surface area contributed by atoms with Crippen molar-refractivity contribution in [3.8, 4) is 0 Å². The van der Waals surface area contributed by atoms with Crippen molar-refractivity contribution in [2.24, 2.45) is 17.6 Å². The molecule has 2 fully saturated rings. The number of nitrogens with two attached hydrogens (primary N) is 1. The molecule has 3 heteroatoms. The molecule has 0 aromatic rings. The Hall–Kier alpha value is -0.120. The molecule has 2 unspecified atom stereocenters. The van der Waals surface area contributed by atoms with E-state index in [1.807, 2.05) is 7.11 Å². The van der Waals surface area contributed by atoms with Crippen LogP contribution in [0.1, 0.15) is 33.1 Å². The number of methoxy groups -OCH3 is 1. The van der Waals surface area contributed by atoms with Crippen molar-refractivity contribution in [2.45, 2.75) is 44.8 Å². The molecular formula is C13H26N2O. The summed E-state index contributed by atoms with van der Waals surface area (Å²) in [5.41, 5.74) is 6.30. The maximum atomic E-state index is 6.00.